The van der Waals surface area contributed by atoms with E-state index in [1.54, 1.807) is 0 Å². The van der Waals surface area contributed by atoms with E-state index in [1.807, 2.05) is 0 Å². The van der Waals surface area contributed by atoms with Gasteiger partial charge in [-0.05, 0) is 58.3 Å². The Morgan fingerprint density at radius 2 is 0.750 bits per heavy atom. The van der Waals surface area contributed by atoms with Crippen LogP contribution < -0.4 is 0 Å². The van der Waals surface area contributed by atoms with E-state index in [0.29, 0.717) is 0 Å². The quantitative estimate of drug-likeness (QED) is 0.188. The number of aromatic nitrogens is 2. The van der Waals surface area contributed by atoms with Gasteiger partial charge in [-0.25, -0.2) is 0 Å². The largest absolute Gasteiger partial charge is 0.309 e. The van der Waals surface area contributed by atoms with Gasteiger partial charge in [0.05, 0.1) is 22.1 Å². The number of rotatable bonds is 4. The second-order valence-corrected chi connectivity index (χ2v) is 12.5. The van der Waals surface area contributed by atoms with Crippen molar-refractivity contribution in [3.05, 3.63) is 182 Å². The molecule has 0 N–H and O–H groups in total. The molecule has 0 fully saturated rings. The molecular formula is C46H30N2. The summed E-state index contributed by atoms with van der Waals surface area (Å²) in [7, 11) is 0. The Labute approximate surface area is 278 Å². The molecule has 2 nitrogen and oxygen atoms in total. The Bertz CT molecular complexity index is 2830. The SMILES string of the molecule is c1ccc(-n2c3ccccc3c3cccc(-c4cccc5c6ccccc6n(-c6cccc(-c7cccc8ccccc78)c6)c45)c32)cc1. The van der Waals surface area contributed by atoms with Crippen LogP contribution >= 0.6 is 0 Å². The number of fused-ring (bicyclic) bond motifs is 7. The van der Waals surface area contributed by atoms with E-state index in [4.69, 9.17) is 0 Å². The Morgan fingerprint density at radius 3 is 1.44 bits per heavy atom. The fourth-order valence-corrected chi connectivity index (χ4v) is 7.87. The first-order chi connectivity index (χ1) is 23.8. The molecule has 0 spiro atoms. The van der Waals surface area contributed by atoms with Gasteiger partial charge in [0.2, 0.25) is 0 Å². The number of para-hydroxylation sites is 5. The summed E-state index contributed by atoms with van der Waals surface area (Å²) in [5.41, 5.74) is 12.0. The molecule has 0 unspecified atom stereocenters. The third-order valence-electron chi connectivity index (χ3n) is 9.90. The van der Waals surface area contributed by atoms with Crippen LogP contribution in [0.3, 0.4) is 0 Å². The summed E-state index contributed by atoms with van der Waals surface area (Å²) in [6.45, 7) is 0. The van der Waals surface area contributed by atoms with Crippen molar-refractivity contribution in [3.8, 4) is 33.6 Å². The highest BCUT2D eigenvalue weighted by atomic mass is 15.0. The molecule has 2 aromatic heterocycles. The summed E-state index contributed by atoms with van der Waals surface area (Å²) in [5, 5.41) is 7.53. The van der Waals surface area contributed by atoms with Gasteiger partial charge in [-0.1, -0.05) is 146 Å². The summed E-state index contributed by atoms with van der Waals surface area (Å²) < 4.78 is 4.91. The zero-order chi connectivity index (χ0) is 31.6. The van der Waals surface area contributed by atoms with Crippen LogP contribution in [-0.4, -0.2) is 9.13 Å². The first kappa shape index (κ1) is 26.8. The highest BCUT2D eigenvalue weighted by Crippen LogP contribution is 2.43. The molecule has 0 saturated carbocycles. The van der Waals surface area contributed by atoms with Crippen LogP contribution in [0.1, 0.15) is 0 Å². The van der Waals surface area contributed by atoms with E-state index >= 15 is 0 Å². The third kappa shape index (κ3) is 3.93. The van der Waals surface area contributed by atoms with Crippen molar-refractivity contribution in [3.63, 3.8) is 0 Å². The maximum atomic E-state index is 2.48. The Kier molecular flexibility index (Phi) is 5.91. The monoisotopic (exact) mass is 610 g/mol. The average Bonchev–Trinajstić information content (AvgIpc) is 3.68. The predicted molar refractivity (Wildman–Crippen MR) is 203 cm³/mol. The van der Waals surface area contributed by atoms with Gasteiger partial charge >= 0.3 is 0 Å². The molecule has 10 rings (SSSR count). The van der Waals surface area contributed by atoms with Crippen molar-refractivity contribution < 1.29 is 0 Å². The summed E-state index contributed by atoms with van der Waals surface area (Å²) in [5.74, 6) is 0. The number of hydrogen-bond donors (Lipinski definition) is 0. The van der Waals surface area contributed by atoms with E-state index in [2.05, 4.69) is 191 Å². The van der Waals surface area contributed by atoms with Gasteiger partial charge in [-0.3, -0.25) is 0 Å². The van der Waals surface area contributed by atoms with Crippen LogP contribution in [0, 0.1) is 0 Å². The van der Waals surface area contributed by atoms with Crippen LogP contribution in [0.2, 0.25) is 0 Å². The standard InChI is InChI=1S/C46H30N2/c1-2-17-33(18-3-1)47-43-28-8-6-21-37(43)39-24-12-26-41(45(39)47)42-27-13-25-40-38-22-7-9-29-44(38)48(46(40)42)34-19-10-16-32(30-34)36-23-11-15-31-14-4-5-20-35(31)36/h1-30H. The van der Waals surface area contributed by atoms with E-state index in [-0.39, 0.29) is 0 Å². The molecule has 0 bridgehead atoms. The normalized spacial score (nSPS) is 11.8. The molecule has 0 amide bonds. The summed E-state index contributed by atoms with van der Waals surface area (Å²) >= 11 is 0. The minimum absolute atomic E-state index is 1.15. The lowest BCUT2D eigenvalue weighted by atomic mass is 9.97. The van der Waals surface area contributed by atoms with E-state index in [1.165, 1.54) is 76.6 Å². The minimum Gasteiger partial charge on any atom is -0.309 e. The highest BCUT2D eigenvalue weighted by Gasteiger charge is 2.21. The number of hydrogen-bond acceptors (Lipinski definition) is 0. The van der Waals surface area contributed by atoms with Crippen molar-refractivity contribution in [2.24, 2.45) is 0 Å². The van der Waals surface area contributed by atoms with Gasteiger partial charge in [-0.15, -0.1) is 0 Å². The lowest BCUT2D eigenvalue weighted by Crippen LogP contribution is -1.98. The van der Waals surface area contributed by atoms with Crippen molar-refractivity contribution in [1.82, 2.24) is 9.13 Å². The van der Waals surface area contributed by atoms with Gasteiger partial charge in [0.1, 0.15) is 0 Å². The second kappa shape index (κ2) is 10.6. The zero-order valence-corrected chi connectivity index (χ0v) is 26.2. The van der Waals surface area contributed by atoms with Crippen LogP contribution in [-0.2, 0) is 0 Å². The second-order valence-electron chi connectivity index (χ2n) is 12.5. The van der Waals surface area contributed by atoms with Crippen molar-refractivity contribution in [2.45, 2.75) is 0 Å². The summed E-state index contributed by atoms with van der Waals surface area (Å²) in [4.78, 5) is 0. The fourth-order valence-electron chi connectivity index (χ4n) is 7.87. The smallest absolute Gasteiger partial charge is 0.0620 e. The molecular weight excluding hydrogens is 581 g/mol. The summed E-state index contributed by atoms with van der Waals surface area (Å²) in [6, 6.07) is 66.2. The molecule has 224 valence electrons. The van der Waals surface area contributed by atoms with Crippen molar-refractivity contribution in [1.29, 1.82) is 0 Å². The Balaban J connectivity index is 1.31. The maximum absolute atomic E-state index is 2.48. The molecule has 0 radical (unpaired) electrons. The topological polar surface area (TPSA) is 9.86 Å². The molecule has 0 aliphatic carbocycles. The van der Waals surface area contributed by atoms with Crippen LogP contribution in [0.15, 0.2) is 182 Å². The molecule has 2 heteroatoms. The molecule has 0 saturated heterocycles. The first-order valence-electron chi connectivity index (χ1n) is 16.5. The van der Waals surface area contributed by atoms with Crippen LogP contribution in [0.25, 0.3) is 88.0 Å². The predicted octanol–water partition coefficient (Wildman–Crippen LogP) is 12.4. The minimum atomic E-state index is 1.15. The highest BCUT2D eigenvalue weighted by molar-refractivity contribution is 6.19. The van der Waals surface area contributed by atoms with Gasteiger partial charge in [-0.2, -0.15) is 0 Å². The van der Waals surface area contributed by atoms with Crippen LogP contribution in [0.4, 0.5) is 0 Å². The average molecular weight is 611 g/mol. The lowest BCUT2D eigenvalue weighted by molar-refractivity contribution is 1.17. The van der Waals surface area contributed by atoms with Crippen molar-refractivity contribution in [2.75, 3.05) is 0 Å². The van der Waals surface area contributed by atoms with E-state index in [9.17, 15) is 0 Å². The molecule has 8 aromatic carbocycles. The molecule has 0 aliphatic heterocycles. The van der Waals surface area contributed by atoms with Gasteiger partial charge in [0, 0.05) is 44.0 Å². The number of nitrogens with zero attached hydrogens (tertiary/aromatic N) is 2. The summed E-state index contributed by atoms with van der Waals surface area (Å²) in [6.07, 6.45) is 0. The molecule has 48 heavy (non-hydrogen) atoms. The third-order valence-corrected chi connectivity index (χ3v) is 9.90. The zero-order valence-electron chi connectivity index (χ0n) is 26.2. The molecule has 0 aliphatic rings. The molecule has 2 heterocycles. The fraction of sp³-hybridized carbons (Fsp3) is 0. The van der Waals surface area contributed by atoms with E-state index in [0.717, 1.165) is 11.4 Å². The maximum Gasteiger partial charge on any atom is 0.0620 e. The van der Waals surface area contributed by atoms with Crippen LogP contribution in [0.5, 0.6) is 0 Å². The first-order valence-corrected chi connectivity index (χ1v) is 16.5. The number of benzene rings is 8. The van der Waals surface area contributed by atoms with Gasteiger partial charge in [0.15, 0.2) is 0 Å². The molecule has 10 aromatic rings. The van der Waals surface area contributed by atoms with Crippen molar-refractivity contribution >= 4 is 54.4 Å². The Morgan fingerprint density at radius 1 is 0.292 bits per heavy atom. The van der Waals surface area contributed by atoms with Gasteiger partial charge in [0.25, 0.3) is 0 Å². The molecule has 0 atom stereocenters. The Hall–Kier alpha value is -6.38. The van der Waals surface area contributed by atoms with Gasteiger partial charge < -0.3 is 9.13 Å². The van der Waals surface area contributed by atoms with E-state index < -0.39 is 0 Å². The lowest BCUT2D eigenvalue weighted by Gasteiger charge is -2.16.